The minimum absolute atomic E-state index is 0.281. The molecule has 1 aliphatic rings. The average Bonchev–Trinajstić information content (AvgIpc) is 3.52. The van der Waals surface area contributed by atoms with Gasteiger partial charge in [0.2, 0.25) is 0 Å². The number of terminal acetylenes is 1. The molecule has 0 spiro atoms. The van der Waals surface area contributed by atoms with Gasteiger partial charge in [-0.15, -0.1) is 6.42 Å². The fraction of sp³-hybridized carbons (Fsp3) is 0.240. The van der Waals surface area contributed by atoms with Crippen LogP contribution >= 0.6 is 0 Å². The van der Waals surface area contributed by atoms with E-state index in [0.717, 1.165) is 22.6 Å². The van der Waals surface area contributed by atoms with Crippen molar-refractivity contribution in [2.24, 2.45) is 7.05 Å². The standard InChI is InChI=1S/C25H22N8O2/c1-3-24(34)32-8-6-31(7-9-32)23-5-4-18(12-27-23)22-10-21(35-16-20-14-30(2)17-28-20)15-33-25(22)19(11-26)13-29-33/h1,4-5,10,12-15,17H,6-9,16H2,2H3. The summed E-state index contributed by atoms with van der Waals surface area (Å²) >= 11 is 0. The first-order valence-electron chi connectivity index (χ1n) is 11.0. The summed E-state index contributed by atoms with van der Waals surface area (Å²) in [4.78, 5) is 24.4. The van der Waals surface area contributed by atoms with E-state index >= 15 is 0 Å². The number of piperazine rings is 1. The van der Waals surface area contributed by atoms with Crippen molar-refractivity contribution in [3.8, 4) is 35.3 Å². The second-order valence-electron chi connectivity index (χ2n) is 8.20. The third-order valence-corrected chi connectivity index (χ3v) is 5.93. The Morgan fingerprint density at radius 3 is 2.66 bits per heavy atom. The number of imidazole rings is 1. The fourth-order valence-corrected chi connectivity index (χ4v) is 4.14. The molecule has 0 unspecified atom stereocenters. The number of aryl methyl sites for hydroxylation is 1. The second kappa shape index (κ2) is 9.20. The van der Waals surface area contributed by atoms with Crippen molar-refractivity contribution in [1.82, 2.24) is 29.0 Å². The topological polar surface area (TPSA) is 105 Å². The van der Waals surface area contributed by atoms with Gasteiger partial charge in [0.25, 0.3) is 5.91 Å². The van der Waals surface area contributed by atoms with Gasteiger partial charge in [0.15, 0.2) is 0 Å². The number of nitrogens with zero attached hydrogens (tertiary/aromatic N) is 8. The zero-order valence-electron chi connectivity index (χ0n) is 19.1. The van der Waals surface area contributed by atoms with Crippen LogP contribution in [-0.2, 0) is 18.4 Å². The second-order valence-corrected chi connectivity index (χ2v) is 8.20. The molecule has 10 heteroatoms. The lowest BCUT2D eigenvalue weighted by atomic mass is 10.1. The van der Waals surface area contributed by atoms with Crippen molar-refractivity contribution in [3.63, 3.8) is 0 Å². The molecule has 5 heterocycles. The maximum Gasteiger partial charge on any atom is 0.298 e. The van der Waals surface area contributed by atoms with Crippen LogP contribution < -0.4 is 9.64 Å². The van der Waals surface area contributed by atoms with Crippen molar-refractivity contribution >= 4 is 17.2 Å². The van der Waals surface area contributed by atoms with E-state index in [-0.39, 0.29) is 5.91 Å². The average molecular weight is 467 g/mol. The molecule has 4 aromatic rings. The predicted molar refractivity (Wildman–Crippen MR) is 128 cm³/mol. The molecule has 1 aliphatic heterocycles. The van der Waals surface area contributed by atoms with Crippen molar-refractivity contribution < 1.29 is 9.53 Å². The van der Waals surface area contributed by atoms with E-state index in [4.69, 9.17) is 11.2 Å². The first-order valence-corrected chi connectivity index (χ1v) is 11.0. The van der Waals surface area contributed by atoms with Crippen LogP contribution in [0.3, 0.4) is 0 Å². The van der Waals surface area contributed by atoms with E-state index in [1.54, 1.807) is 34.3 Å². The van der Waals surface area contributed by atoms with E-state index in [9.17, 15) is 10.1 Å². The van der Waals surface area contributed by atoms with Gasteiger partial charge in [-0.05, 0) is 24.1 Å². The number of nitriles is 1. The highest BCUT2D eigenvalue weighted by atomic mass is 16.5. The van der Waals surface area contributed by atoms with Crippen LogP contribution in [0.2, 0.25) is 0 Å². The van der Waals surface area contributed by atoms with Gasteiger partial charge in [0.1, 0.15) is 24.2 Å². The highest BCUT2D eigenvalue weighted by molar-refractivity contribution is 5.93. The molecule has 0 N–H and O–H groups in total. The van der Waals surface area contributed by atoms with Crippen LogP contribution in [-0.4, -0.2) is 61.1 Å². The summed E-state index contributed by atoms with van der Waals surface area (Å²) in [6.07, 6.45) is 13.9. The lowest BCUT2D eigenvalue weighted by Crippen LogP contribution is -2.48. The summed E-state index contributed by atoms with van der Waals surface area (Å²) in [6, 6.07) is 8.00. The number of rotatable bonds is 5. The Balaban J connectivity index is 1.41. The maximum absolute atomic E-state index is 11.7. The minimum atomic E-state index is -0.281. The zero-order chi connectivity index (χ0) is 24.4. The van der Waals surface area contributed by atoms with Crippen LogP contribution in [0, 0.1) is 23.7 Å². The van der Waals surface area contributed by atoms with Crippen LogP contribution in [0.5, 0.6) is 5.75 Å². The van der Waals surface area contributed by atoms with Gasteiger partial charge in [-0.25, -0.2) is 14.5 Å². The van der Waals surface area contributed by atoms with Gasteiger partial charge in [-0.2, -0.15) is 10.4 Å². The maximum atomic E-state index is 11.7. The van der Waals surface area contributed by atoms with E-state index in [1.165, 1.54) is 0 Å². The Morgan fingerprint density at radius 1 is 1.17 bits per heavy atom. The zero-order valence-corrected chi connectivity index (χ0v) is 19.1. The lowest BCUT2D eigenvalue weighted by molar-refractivity contribution is -0.125. The molecule has 35 heavy (non-hydrogen) atoms. The molecule has 0 radical (unpaired) electrons. The van der Waals surface area contributed by atoms with E-state index in [1.807, 2.05) is 36.0 Å². The number of carbonyl (C=O) groups is 1. The monoisotopic (exact) mass is 466 g/mol. The summed E-state index contributed by atoms with van der Waals surface area (Å²) in [5.74, 6) is 3.30. The molecule has 0 atom stereocenters. The summed E-state index contributed by atoms with van der Waals surface area (Å²) < 4.78 is 9.49. The van der Waals surface area contributed by atoms with E-state index < -0.39 is 0 Å². The first kappa shape index (κ1) is 22.0. The van der Waals surface area contributed by atoms with Crippen molar-refractivity contribution in [1.29, 1.82) is 5.26 Å². The third kappa shape index (κ3) is 4.37. The summed E-state index contributed by atoms with van der Waals surface area (Å²) in [7, 11) is 1.90. The normalized spacial score (nSPS) is 13.5. The van der Waals surface area contributed by atoms with Crippen molar-refractivity contribution in [2.45, 2.75) is 6.61 Å². The molecule has 5 rings (SSSR count). The largest absolute Gasteiger partial charge is 0.486 e. The van der Waals surface area contributed by atoms with Crippen molar-refractivity contribution in [3.05, 3.63) is 60.6 Å². The number of hydrogen-bond donors (Lipinski definition) is 0. The molecular weight excluding hydrogens is 444 g/mol. The Bertz CT molecular complexity index is 1460. The molecule has 4 aromatic heterocycles. The molecule has 0 bridgehead atoms. The summed E-state index contributed by atoms with van der Waals surface area (Å²) in [6.45, 7) is 2.74. The van der Waals surface area contributed by atoms with E-state index in [0.29, 0.717) is 49.6 Å². The summed E-state index contributed by atoms with van der Waals surface area (Å²) in [5, 5.41) is 13.9. The van der Waals surface area contributed by atoms with Crippen LogP contribution in [0.1, 0.15) is 11.3 Å². The number of amides is 1. The Morgan fingerprint density at radius 2 is 2.00 bits per heavy atom. The molecule has 0 aliphatic carbocycles. The number of carbonyl (C=O) groups excluding carboxylic acids is 1. The minimum Gasteiger partial charge on any atom is -0.486 e. The Kier molecular flexibility index (Phi) is 5.78. The SMILES string of the molecule is C#CC(=O)N1CCN(c2ccc(-c3cc(OCc4cn(C)cn4)cn4ncc(C#N)c34)cn2)CC1. The molecular formula is C25H22N8O2. The predicted octanol–water partition coefficient (Wildman–Crippen LogP) is 1.86. The van der Waals surface area contributed by atoms with Crippen molar-refractivity contribution in [2.75, 3.05) is 31.1 Å². The number of ether oxygens (including phenoxy) is 1. The molecule has 1 fully saturated rings. The highest BCUT2D eigenvalue weighted by Gasteiger charge is 2.21. The fourth-order valence-electron chi connectivity index (χ4n) is 4.14. The number of aromatic nitrogens is 5. The molecule has 0 aromatic carbocycles. The van der Waals surface area contributed by atoms with Gasteiger partial charge in [0, 0.05) is 56.7 Å². The van der Waals surface area contributed by atoms with Gasteiger partial charge in [-0.3, -0.25) is 4.79 Å². The summed E-state index contributed by atoms with van der Waals surface area (Å²) in [5.41, 5.74) is 3.59. The lowest BCUT2D eigenvalue weighted by Gasteiger charge is -2.34. The van der Waals surface area contributed by atoms with Crippen LogP contribution in [0.25, 0.3) is 16.6 Å². The number of fused-ring (bicyclic) bond motifs is 1. The van der Waals surface area contributed by atoms with Gasteiger partial charge < -0.3 is 19.1 Å². The first-order chi connectivity index (χ1) is 17.1. The van der Waals surface area contributed by atoms with Gasteiger partial charge in [-0.1, -0.05) is 0 Å². The number of pyridine rings is 2. The number of anilines is 1. The third-order valence-electron chi connectivity index (χ3n) is 5.93. The molecule has 1 amide bonds. The Labute approximate surface area is 202 Å². The van der Waals surface area contributed by atoms with E-state index in [2.05, 4.69) is 32.0 Å². The van der Waals surface area contributed by atoms with Gasteiger partial charge in [0.05, 0.1) is 35.5 Å². The Hall–Kier alpha value is -4.83. The molecule has 1 saturated heterocycles. The van der Waals surface area contributed by atoms with Crippen LogP contribution in [0.15, 0.2) is 49.3 Å². The smallest absolute Gasteiger partial charge is 0.298 e. The molecule has 174 valence electrons. The molecule has 10 nitrogen and oxygen atoms in total. The number of hydrogen-bond acceptors (Lipinski definition) is 7. The quantitative estimate of drug-likeness (QED) is 0.414. The highest BCUT2D eigenvalue weighted by Crippen LogP contribution is 2.31. The molecule has 0 saturated carbocycles. The van der Waals surface area contributed by atoms with Crippen LogP contribution in [0.4, 0.5) is 5.82 Å². The van der Waals surface area contributed by atoms with Gasteiger partial charge >= 0.3 is 0 Å².